The third-order valence-corrected chi connectivity index (χ3v) is 4.94. The predicted octanol–water partition coefficient (Wildman–Crippen LogP) is 0.952. The molecule has 1 saturated heterocycles. The molecule has 8 heteroatoms. The minimum Gasteiger partial charge on any atom is -0.336 e. The van der Waals surface area contributed by atoms with Crippen molar-refractivity contribution in [1.29, 1.82) is 0 Å². The number of rotatable bonds is 5. The number of nitrogens with one attached hydrogen (secondary N) is 2. The largest absolute Gasteiger partial charge is 0.336 e. The van der Waals surface area contributed by atoms with Gasteiger partial charge in [0.2, 0.25) is 10.0 Å². The number of carbonyl (C=O) groups is 1. The SMILES string of the molecule is Cc1ccc(S(=O)(=O)NCCN2CCNC2=O)cc1Cl. The highest BCUT2D eigenvalue weighted by Crippen LogP contribution is 2.19. The second-order valence-corrected chi connectivity index (χ2v) is 6.70. The second kappa shape index (κ2) is 5.99. The first-order chi connectivity index (χ1) is 9.40. The van der Waals surface area contributed by atoms with Crippen molar-refractivity contribution in [3.05, 3.63) is 28.8 Å². The van der Waals surface area contributed by atoms with Crippen molar-refractivity contribution in [2.75, 3.05) is 26.2 Å². The number of carbonyl (C=O) groups excluding carboxylic acids is 1. The molecule has 110 valence electrons. The van der Waals surface area contributed by atoms with Crippen LogP contribution < -0.4 is 10.0 Å². The van der Waals surface area contributed by atoms with Crippen molar-refractivity contribution in [2.24, 2.45) is 0 Å². The lowest BCUT2D eigenvalue weighted by atomic mass is 10.2. The Kier molecular flexibility index (Phi) is 4.52. The molecule has 1 fully saturated rings. The average molecular weight is 318 g/mol. The third kappa shape index (κ3) is 3.41. The van der Waals surface area contributed by atoms with Crippen molar-refractivity contribution in [2.45, 2.75) is 11.8 Å². The Labute approximate surface area is 123 Å². The normalized spacial score (nSPS) is 15.5. The minimum atomic E-state index is -3.60. The summed E-state index contributed by atoms with van der Waals surface area (Å²) < 4.78 is 26.6. The molecule has 0 radical (unpaired) electrons. The first-order valence-electron chi connectivity index (χ1n) is 6.19. The fraction of sp³-hybridized carbons (Fsp3) is 0.417. The summed E-state index contributed by atoms with van der Waals surface area (Å²) in [7, 11) is -3.60. The smallest absolute Gasteiger partial charge is 0.317 e. The predicted molar refractivity (Wildman–Crippen MR) is 76.3 cm³/mol. The Hall–Kier alpha value is -1.31. The zero-order valence-electron chi connectivity index (χ0n) is 11.0. The standard InChI is InChI=1S/C12H16ClN3O3S/c1-9-2-3-10(8-11(9)13)20(18,19)15-5-7-16-6-4-14-12(16)17/h2-3,8,15H,4-7H2,1H3,(H,14,17). The molecule has 1 aliphatic heterocycles. The maximum atomic E-state index is 12.1. The Morgan fingerprint density at radius 2 is 2.20 bits per heavy atom. The van der Waals surface area contributed by atoms with E-state index in [4.69, 9.17) is 11.6 Å². The summed E-state index contributed by atoms with van der Waals surface area (Å²) in [6.07, 6.45) is 0. The van der Waals surface area contributed by atoms with Gasteiger partial charge in [-0.15, -0.1) is 0 Å². The number of nitrogens with zero attached hydrogens (tertiary/aromatic N) is 1. The molecule has 0 aliphatic carbocycles. The molecule has 0 saturated carbocycles. The molecule has 0 bridgehead atoms. The molecule has 1 aromatic rings. The maximum absolute atomic E-state index is 12.1. The van der Waals surface area contributed by atoms with Gasteiger partial charge in [-0.1, -0.05) is 17.7 Å². The molecule has 6 nitrogen and oxygen atoms in total. The van der Waals surface area contributed by atoms with E-state index in [9.17, 15) is 13.2 Å². The summed E-state index contributed by atoms with van der Waals surface area (Å²) in [5.74, 6) is 0. The van der Waals surface area contributed by atoms with Crippen LogP contribution in [0.5, 0.6) is 0 Å². The summed E-state index contributed by atoms with van der Waals surface area (Å²) in [6, 6.07) is 4.42. The van der Waals surface area contributed by atoms with Crippen LogP contribution in [0.4, 0.5) is 4.79 Å². The van der Waals surface area contributed by atoms with Gasteiger partial charge in [-0.05, 0) is 24.6 Å². The van der Waals surface area contributed by atoms with Crippen molar-refractivity contribution in [3.63, 3.8) is 0 Å². The molecular formula is C12H16ClN3O3S. The number of urea groups is 1. The van der Waals surface area contributed by atoms with E-state index < -0.39 is 10.0 Å². The lowest BCUT2D eigenvalue weighted by Gasteiger charge is -2.14. The van der Waals surface area contributed by atoms with Gasteiger partial charge in [-0.2, -0.15) is 0 Å². The van der Waals surface area contributed by atoms with E-state index in [0.717, 1.165) is 5.56 Å². The fourth-order valence-corrected chi connectivity index (χ4v) is 3.16. The van der Waals surface area contributed by atoms with Gasteiger partial charge >= 0.3 is 6.03 Å². The highest BCUT2D eigenvalue weighted by Gasteiger charge is 2.20. The Balaban J connectivity index is 1.96. The summed E-state index contributed by atoms with van der Waals surface area (Å²) >= 11 is 5.92. The second-order valence-electron chi connectivity index (χ2n) is 4.53. The van der Waals surface area contributed by atoms with E-state index in [1.54, 1.807) is 17.9 Å². The zero-order chi connectivity index (χ0) is 14.8. The van der Waals surface area contributed by atoms with E-state index >= 15 is 0 Å². The monoisotopic (exact) mass is 317 g/mol. The number of sulfonamides is 1. The van der Waals surface area contributed by atoms with E-state index in [-0.39, 0.29) is 17.5 Å². The molecule has 1 heterocycles. The quantitative estimate of drug-likeness (QED) is 0.848. The van der Waals surface area contributed by atoms with Gasteiger partial charge in [-0.3, -0.25) is 0 Å². The van der Waals surface area contributed by atoms with E-state index in [1.807, 2.05) is 0 Å². The molecule has 20 heavy (non-hydrogen) atoms. The van der Waals surface area contributed by atoms with Crippen LogP contribution in [0, 0.1) is 6.92 Å². The molecule has 2 rings (SSSR count). The van der Waals surface area contributed by atoms with Gasteiger partial charge in [0.15, 0.2) is 0 Å². The number of aryl methyl sites for hydroxylation is 1. The molecule has 1 aliphatic rings. The van der Waals surface area contributed by atoms with E-state index in [1.165, 1.54) is 12.1 Å². The molecule has 0 spiro atoms. The van der Waals surface area contributed by atoms with Gasteiger partial charge in [0.25, 0.3) is 0 Å². The number of hydrogen-bond acceptors (Lipinski definition) is 3. The minimum absolute atomic E-state index is 0.124. The van der Waals surface area contributed by atoms with Gasteiger partial charge < -0.3 is 10.2 Å². The van der Waals surface area contributed by atoms with Crippen molar-refractivity contribution >= 4 is 27.7 Å². The van der Waals surface area contributed by atoms with Gasteiger partial charge in [0, 0.05) is 31.2 Å². The van der Waals surface area contributed by atoms with Gasteiger partial charge in [-0.25, -0.2) is 17.9 Å². The Bertz CT molecular complexity index is 618. The summed E-state index contributed by atoms with van der Waals surface area (Å²) in [4.78, 5) is 13.0. The third-order valence-electron chi connectivity index (χ3n) is 3.07. The lowest BCUT2D eigenvalue weighted by molar-refractivity contribution is 0.218. The molecule has 0 aromatic heterocycles. The number of benzene rings is 1. The zero-order valence-corrected chi connectivity index (χ0v) is 12.6. The van der Waals surface area contributed by atoms with Crippen molar-refractivity contribution < 1.29 is 13.2 Å². The maximum Gasteiger partial charge on any atom is 0.317 e. The average Bonchev–Trinajstić information content (AvgIpc) is 2.78. The van der Waals surface area contributed by atoms with Crippen LogP contribution in [0.15, 0.2) is 23.1 Å². The van der Waals surface area contributed by atoms with Crippen LogP contribution in [0.1, 0.15) is 5.56 Å². The summed E-state index contributed by atoms with van der Waals surface area (Å²) in [5, 5.41) is 3.06. The first-order valence-corrected chi connectivity index (χ1v) is 8.05. The Morgan fingerprint density at radius 1 is 1.45 bits per heavy atom. The van der Waals surface area contributed by atoms with Crippen LogP contribution >= 0.6 is 11.6 Å². The molecule has 1 aromatic carbocycles. The van der Waals surface area contributed by atoms with E-state index in [2.05, 4.69) is 10.0 Å². The Morgan fingerprint density at radius 3 is 2.80 bits per heavy atom. The fourth-order valence-electron chi connectivity index (χ4n) is 1.86. The lowest BCUT2D eigenvalue weighted by Crippen LogP contribution is -2.36. The van der Waals surface area contributed by atoms with Crippen LogP contribution in [0.2, 0.25) is 5.02 Å². The van der Waals surface area contributed by atoms with Crippen LogP contribution in [-0.2, 0) is 10.0 Å². The van der Waals surface area contributed by atoms with Gasteiger partial charge in [0.05, 0.1) is 4.90 Å². The summed E-state index contributed by atoms with van der Waals surface area (Å²) in [6.45, 7) is 3.50. The van der Waals surface area contributed by atoms with Crippen LogP contribution in [0.3, 0.4) is 0 Å². The number of halogens is 1. The molecule has 2 N–H and O–H groups in total. The van der Waals surface area contributed by atoms with Crippen LogP contribution in [0.25, 0.3) is 0 Å². The number of amides is 2. The first kappa shape index (κ1) is 15.1. The molecular weight excluding hydrogens is 302 g/mol. The highest BCUT2D eigenvalue weighted by molar-refractivity contribution is 7.89. The molecule has 2 amide bonds. The summed E-state index contributed by atoms with van der Waals surface area (Å²) in [5.41, 5.74) is 0.819. The van der Waals surface area contributed by atoms with E-state index in [0.29, 0.717) is 24.7 Å². The van der Waals surface area contributed by atoms with Crippen molar-refractivity contribution in [3.8, 4) is 0 Å². The highest BCUT2D eigenvalue weighted by atomic mass is 35.5. The van der Waals surface area contributed by atoms with Gasteiger partial charge in [0.1, 0.15) is 0 Å². The van der Waals surface area contributed by atoms with Crippen LogP contribution in [-0.4, -0.2) is 45.5 Å². The topological polar surface area (TPSA) is 78.5 Å². The van der Waals surface area contributed by atoms with Crippen molar-refractivity contribution in [1.82, 2.24) is 14.9 Å². The molecule has 0 unspecified atom stereocenters. The number of hydrogen-bond donors (Lipinski definition) is 2. The molecule has 0 atom stereocenters.